The van der Waals surface area contributed by atoms with E-state index in [0.717, 1.165) is 17.2 Å². The molecule has 5 rings (SSSR count). The second kappa shape index (κ2) is 8.14. The van der Waals surface area contributed by atoms with Gasteiger partial charge in [0.2, 0.25) is 0 Å². The topological polar surface area (TPSA) is 77.6 Å². The van der Waals surface area contributed by atoms with Gasteiger partial charge < -0.3 is 9.88 Å². The second-order valence-electron chi connectivity index (χ2n) is 7.60. The van der Waals surface area contributed by atoms with E-state index in [0.29, 0.717) is 22.6 Å². The summed E-state index contributed by atoms with van der Waals surface area (Å²) in [6.07, 6.45) is 2.04. The zero-order chi connectivity index (χ0) is 23.9. The van der Waals surface area contributed by atoms with Gasteiger partial charge in [-0.2, -0.15) is 18.3 Å². The first-order valence-electron chi connectivity index (χ1n) is 10.2. The molecule has 0 fully saturated rings. The Morgan fingerprint density at radius 1 is 1.00 bits per heavy atom. The van der Waals surface area contributed by atoms with Gasteiger partial charge in [-0.1, -0.05) is 12.1 Å². The van der Waals surface area contributed by atoms with Crippen LogP contribution in [0.3, 0.4) is 0 Å². The lowest BCUT2D eigenvalue weighted by molar-refractivity contribution is -0.140. The van der Waals surface area contributed by atoms with E-state index in [9.17, 15) is 18.0 Å². The van der Waals surface area contributed by atoms with Gasteiger partial charge >= 0.3 is 6.18 Å². The fourth-order valence-electron chi connectivity index (χ4n) is 3.61. The molecular formula is C24H17F3N6O. The summed E-state index contributed by atoms with van der Waals surface area (Å²) in [7, 11) is 1.80. The molecule has 170 valence electrons. The number of pyridine rings is 2. The Hall–Kier alpha value is -4.47. The average Bonchev–Trinajstić information content (AvgIpc) is 3.47. The number of nitrogens with zero attached hydrogens (tertiary/aromatic N) is 5. The van der Waals surface area contributed by atoms with Gasteiger partial charge in [0.25, 0.3) is 5.91 Å². The molecule has 4 aromatic heterocycles. The van der Waals surface area contributed by atoms with Crippen molar-refractivity contribution < 1.29 is 18.0 Å². The molecule has 5 aromatic rings. The number of rotatable bonds is 4. The summed E-state index contributed by atoms with van der Waals surface area (Å²) in [5, 5.41) is 7.63. The van der Waals surface area contributed by atoms with Crippen molar-refractivity contribution in [1.82, 2.24) is 24.3 Å². The molecule has 34 heavy (non-hydrogen) atoms. The molecule has 0 aliphatic rings. The smallest absolute Gasteiger partial charge is 0.347 e. The number of hydrogen-bond donors (Lipinski definition) is 1. The van der Waals surface area contributed by atoms with Crippen molar-refractivity contribution >= 4 is 22.5 Å². The van der Waals surface area contributed by atoms with Gasteiger partial charge in [-0.15, -0.1) is 0 Å². The van der Waals surface area contributed by atoms with Gasteiger partial charge in [0.15, 0.2) is 5.82 Å². The van der Waals surface area contributed by atoms with Gasteiger partial charge in [0.05, 0.1) is 11.7 Å². The molecule has 1 N–H and O–H groups in total. The van der Waals surface area contributed by atoms with E-state index in [4.69, 9.17) is 0 Å². The van der Waals surface area contributed by atoms with E-state index >= 15 is 0 Å². The minimum atomic E-state index is -4.52. The molecule has 0 aliphatic carbocycles. The second-order valence-corrected chi connectivity index (χ2v) is 7.60. The number of aryl methyl sites for hydroxylation is 1. The summed E-state index contributed by atoms with van der Waals surface area (Å²) in [5.41, 5.74) is 2.03. The van der Waals surface area contributed by atoms with Crippen LogP contribution in [0.5, 0.6) is 0 Å². The zero-order valence-corrected chi connectivity index (χ0v) is 17.8. The van der Waals surface area contributed by atoms with Crippen LogP contribution in [-0.4, -0.2) is 30.2 Å². The van der Waals surface area contributed by atoms with Crippen LogP contribution in [0.4, 0.5) is 18.9 Å². The molecule has 0 atom stereocenters. The van der Waals surface area contributed by atoms with Crippen LogP contribution in [-0.2, 0) is 13.2 Å². The molecule has 0 aliphatic heterocycles. The van der Waals surface area contributed by atoms with E-state index in [2.05, 4.69) is 20.4 Å². The number of hydrogen-bond acceptors (Lipinski definition) is 4. The van der Waals surface area contributed by atoms with E-state index in [-0.39, 0.29) is 11.4 Å². The molecule has 0 saturated carbocycles. The van der Waals surface area contributed by atoms with Crippen LogP contribution in [0.1, 0.15) is 16.2 Å². The predicted octanol–water partition coefficient (Wildman–Crippen LogP) is 5.09. The first-order valence-corrected chi connectivity index (χ1v) is 10.2. The Bertz CT molecular complexity index is 1500. The van der Waals surface area contributed by atoms with Crippen LogP contribution < -0.4 is 5.32 Å². The Balaban J connectivity index is 1.39. The summed E-state index contributed by atoms with van der Waals surface area (Å²) >= 11 is 0. The number of carbonyl (C=O) groups is 1. The Morgan fingerprint density at radius 2 is 1.79 bits per heavy atom. The van der Waals surface area contributed by atoms with Crippen LogP contribution in [0.2, 0.25) is 0 Å². The van der Waals surface area contributed by atoms with Crippen molar-refractivity contribution in [1.29, 1.82) is 0 Å². The van der Waals surface area contributed by atoms with Crippen molar-refractivity contribution in [3.63, 3.8) is 0 Å². The van der Waals surface area contributed by atoms with Crippen molar-refractivity contribution in [2.75, 3.05) is 5.32 Å². The number of benzene rings is 1. The lowest BCUT2D eigenvalue weighted by atomic mass is 10.1. The number of aromatic nitrogens is 5. The molecule has 0 saturated heterocycles. The highest BCUT2D eigenvalue weighted by Gasteiger charge is 2.32. The highest BCUT2D eigenvalue weighted by Crippen LogP contribution is 2.30. The zero-order valence-electron chi connectivity index (χ0n) is 17.8. The lowest BCUT2D eigenvalue weighted by Crippen LogP contribution is -2.15. The maximum Gasteiger partial charge on any atom is 0.433 e. The molecule has 4 heterocycles. The molecule has 0 radical (unpaired) electrons. The average molecular weight is 462 g/mol. The van der Waals surface area contributed by atoms with Crippen LogP contribution in [0.25, 0.3) is 27.8 Å². The standard InChI is InChI=1S/C24H17F3N6O/c1-32-12-2-3-20(32)23(34)30-17-6-4-15(5-7-17)16-13-29-33(14-16)22-18-8-9-21(24(25,26)27)31-19(18)10-11-28-22/h2-14H,1H3,(H,30,34). The summed E-state index contributed by atoms with van der Waals surface area (Å²) in [4.78, 5) is 20.4. The Kier molecular flexibility index (Phi) is 5.12. The summed E-state index contributed by atoms with van der Waals surface area (Å²) in [5.74, 6) is 0.161. The third kappa shape index (κ3) is 4.01. The number of nitrogens with one attached hydrogen (secondary N) is 1. The molecule has 1 amide bonds. The van der Waals surface area contributed by atoms with E-state index in [1.165, 1.54) is 23.0 Å². The number of fused-ring (bicyclic) bond motifs is 1. The monoisotopic (exact) mass is 462 g/mol. The van der Waals surface area contributed by atoms with Crippen molar-refractivity contribution in [3.8, 4) is 16.9 Å². The third-order valence-electron chi connectivity index (χ3n) is 5.34. The van der Waals surface area contributed by atoms with Crippen molar-refractivity contribution in [2.24, 2.45) is 7.05 Å². The Morgan fingerprint density at radius 3 is 2.50 bits per heavy atom. The van der Waals surface area contributed by atoms with Gasteiger partial charge in [-0.05, 0) is 48.0 Å². The van der Waals surface area contributed by atoms with Gasteiger partial charge in [-0.3, -0.25) is 4.79 Å². The normalized spacial score (nSPS) is 11.6. The first-order chi connectivity index (χ1) is 16.3. The van der Waals surface area contributed by atoms with E-state index in [1.54, 1.807) is 54.5 Å². The maximum atomic E-state index is 13.0. The lowest BCUT2D eigenvalue weighted by Gasteiger charge is -2.09. The van der Waals surface area contributed by atoms with Gasteiger partial charge in [0, 0.05) is 42.3 Å². The molecular weight excluding hydrogens is 445 g/mol. The van der Waals surface area contributed by atoms with Crippen molar-refractivity contribution in [2.45, 2.75) is 6.18 Å². The number of anilines is 1. The Labute approximate surface area is 191 Å². The maximum absolute atomic E-state index is 13.0. The SMILES string of the molecule is Cn1cccc1C(=O)Nc1ccc(-c2cnn(-c3nccc4nc(C(F)(F)F)ccc34)c2)cc1. The highest BCUT2D eigenvalue weighted by molar-refractivity contribution is 6.03. The van der Waals surface area contributed by atoms with Crippen LogP contribution in [0, 0.1) is 0 Å². The number of amides is 1. The van der Waals surface area contributed by atoms with Gasteiger partial charge in [0.1, 0.15) is 11.4 Å². The van der Waals surface area contributed by atoms with E-state index < -0.39 is 11.9 Å². The molecule has 10 heteroatoms. The minimum Gasteiger partial charge on any atom is -0.347 e. The molecule has 0 unspecified atom stereocenters. The minimum absolute atomic E-state index is 0.176. The molecule has 0 bridgehead atoms. The van der Waals surface area contributed by atoms with Gasteiger partial charge in [-0.25, -0.2) is 14.6 Å². The summed E-state index contributed by atoms with van der Waals surface area (Å²) < 4.78 is 42.2. The molecule has 7 nitrogen and oxygen atoms in total. The summed E-state index contributed by atoms with van der Waals surface area (Å²) in [6.45, 7) is 0. The number of halogens is 3. The number of alkyl halides is 3. The van der Waals surface area contributed by atoms with Crippen LogP contribution >= 0.6 is 0 Å². The highest BCUT2D eigenvalue weighted by atomic mass is 19.4. The quantitative estimate of drug-likeness (QED) is 0.404. The third-order valence-corrected chi connectivity index (χ3v) is 5.34. The molecule has 0 spiro atoms. The fraction of sp³-hybridized carbons (Fsp3) is 0.0833. The van der Waals surface area contributed by atoms with E-state index in [1.807, 2.05) is 12.1 Å². The fourth-order valence-corrected chi connectivity index (χ4v) is 3.61. The predicted molar refractivity (Wildman–Crippen MR) is 120 cm³/mol. The van der Waals surface area contributed by atoms with Crippen molar-refractivity contribution in [3.05, 3.63) is 90.8 Å². The first kappa shape index (κ1) is 21.4. The van der Waals surface area contributed by atoms with Crippen LogP contribution in [0.15, 0.2) is 79.4 Å². The summed E-state index contributed by atoms with van der Waals surface area (Å²) in [6, 6.07) is 14.5. The number of carbonyl (C=O) groups excluding carboxylic acids is 1. The molecule has 1 aromatic carbocycles. The largest absolute Gasteiger partial charge is 0.433 e.